The predicted molar refractivity (Wildman–Crippen MR) is 264 cm³/mol. The van der Waals surface area contributed by atoms with Crippen molar-refractivity contribution in [3.8, 4) is 11.3 Å². The van der Waals surface area contributed by atoms with Crippen LogP contribution >= 0.6 is 0 Å². The van der Waals surface area contributed by atoms with E-state index < -0.39 is 12.1 Å². The number of hydrogen-bond donors (Lipinski definition) is 4. The largest absolute Gasteiger partial charge is 0.392 e. The molecule has 3 atom stereocenters. The number of carbonyl (C=O) groups excluding carboxylic acids is 2. The van der Waals surface area contributed by atoms with Crippen LogP contribution < -0.4 is 36.6 Å². The van der Waals surface area contributed by atoms with Gasteiger partial charge in [-0.15, -0.1) is 0 Å². The second-order valence-electron chi connectivity index (χ2n) is 20.3. The van der Waals surface area contributed by atoms with Gasteiger partial charge in [-0.05, 0) is 113 Å². The Hall–Kier alpha value is -6.36. The number of aromatic nitrogens is 5. The van der Waals surface area contributed by atoms with Gasteiger partial charge in [0.2, 0.25) is 5.91 Å². The number of hydrogen-bond acceptors (Lipinski definition) is 12. The van der Waals surface area contributed by atoms with Crippen LogP contribution in [0.5, 0.6) is 0 Å². The van der Waals surface area contributed by atoms with Crippen molar-refractivity contribution in [3.63, 3.8) is 0 Å². The summed E-state index contributed by atoms with van der Waals surface area (Å²) >= 11 is 0. The Kier molecular flexibility index (Phi) is 12.1. The van der Waals surface area contributed by atoms with E-state index in [1.54, 1.807) is 30.4 Å². The first-order valence-electron chi connectivity index (χ1n) is 23.5. The molecule has 3 aliphatic heterocycles. The topological polar surface area (TPSA) is 183 Å². The molecule has 4 aromatic heterocycles. The molecule has 0 bridgehead atoms. The number of benzene rings is 1. The van der Waals surface area contributed by atoms with Gasteiger partial charge in [-0.25, -0.2) is 9.97 Å². The van der Waals surface area contributed by atoms with Gasteiger partial charge in [0.25, 0.3) is 11.5 Å². The van der Waals surface area contributed by atoms with E-state index in [1.165, 1.54) is 21.9 Å². The molecule has 16 nitrogen and oxygen atoms in total. The van der Waals surface area contributed by atoms with Gasteiger partial charge in [0.15, 0.2) is 5.82 Å². The van der Waals surface area contributed by atoms with E-state index in [4.69, 9.17) is 10.7 Å². The Bertz CT molecular complexity index is 2810. The van der Waals surface area contributed by atoms with Crippen molar-refractivity contribution in [2.45, 2.75) is 104 Å². The highest BCUT2D eigenvalue weighted by Gasteiger charge is 2.38. The number of aliphatic hydroxyl groups is 1. The van der Waals surface area contributed by atoms with Crippen LogP contribution in [0.2, 0.25) is 0 Å². The van der Waals surface area contributed by atoms with Crippen molar-refractivity contribution >= 4 is 46.2 Å². The fourth-order valence-corrected chi connectivity index (χ4v) is 10.8. The van der Waals surface area contributed by atoms with Gasteiger partial charge in [0.05, 0.1) is 34.9 Å². The van der Waals surface area contributed by atoms with Crippen LogP contribution in [0, 0.1) is 5.41 Å². The molecule has 1 aliphatic carbocycles. The number of nitrogens with two attached hydrogens (primary N) is 1. The molecule has 16 heteroatoms. The lowest BCUT2D eigenvalue weighted by Gasteiger charge is -2.48. The number of aliphatic hydroxyl groups excluding tert-OH is 1. The van der Waals surface area contributed by atoms with Crippen molar-refractivity contribution in [3.05, 3.63) is 112 Å². The zero-order valence-electron chi connectivity index (χ0n) is 39.8. The molecular formula is C51H64N12O4. The monoisotopic (exact) mass is 909 g/mol. The Morgan fingerprint density at radius 3 is 2.51 bits per heavy atom. The van der Waals surface area contributed by atoms with Gasteiger partial charge in [0, 0.05) is 111 Å². The number of pyridine rings is 2. The van der Waals surface area contributed by atoms with Gasteiger partial charge in [-0.1, -0.05) is 20.4 Å². The van der Waals surface area contributed by atoms with E-state index >= 15 is 0 Å². The summed E-state index contributed by atoms with van der Waals surface area (Å²) in [5, 5.41) is 17.1. The maximum Gasteiger partial charge on any atom is 0.293 e. The average Bonchev–Trinajstić information content (AvgIpc) is 3.79. The van der Waals surface area contributed by atoms with Crippen molar-refractivity contribution in [2.24, 2.45) is 18.2 Å². The summed E-state index contributed by atoms with van der Waals surface area (Å²) < 4.78 is 3.58. The molecule has 1 unspecified atom stereocenters. The molecular weight excluding hydrogens is 845 g/mol. The predicted octanol–water partition coefficient (Wildman–Crippen LogP) is 5.95. The van der Waals surface area contributed by atoms with Crippen LogP contribution in [0.3, 0.4) is 0 Å². The van der Waals surface area contributed by atoms with E-state index in [0.717, 1.165) is 68.9 Å². The first-order valence-corrected chi connectivity index (χ1v) is 23.5. The molecule has 5 N–H and O–H groups in total. The van der Waals surface area contributed by atoms with Gasteiger partial charge in [-0.3, -0.25) is 29.2 Å². The van der Waals surface area contributed by atoms with E-state index in [-0.39, 0.29) is 34.6 Å². The molecule has 2 fully saturated rings. The number of rotatable bonds is 11. The van der Waals surface area contributed by atoms with E-state index in [9.17, 15) is 19.5 Å². The summed E-state index contributed by atoms with van der Waals surface area (Å²) in [5.74, 6) is -0.0957. The van der Waals surface area contributed by atoms with Crippen molar-refractivity contribution in [1.82, 2.24) is 29.0 Å². The molecule has 352 valence electrons. The third-order valence-corrected chi connectivity index (χ3v) is 14.2. The molecule has 7 heterocycles. The maximum atomic E-state index is 14.1. The average molecular weight is 909 g/mol. The van der Waals surface area contributed by atoms with Crippen LogP contribution in [0.1, 0.15) is 87.4 Å². The Balaban J connectivity index is 0.924. The second-order valence-corrected chi connectivity index (χ2v) is 20.3. The molecule has 0 spiro atoms. The molecule has 9 rings (SSSR count). The van der Waals surface area contributed by atoms with Crippen molar-refractivity contribution in [1.29, 1.82) is 0 Å². The number of fused-ring (bicyclic) bond motifs is 3. The fraction of sp³-hybridized carbons (Fsp3) is 0.451. The number of carbonyl (C=O) groups is 2. The second kappa shape index (κ2) is 17.7. The lowest BCUT2D eigenvalue weighted by Crippen LogP contribution is -2.58. The lowest BCUT2D eigenvalue weighted by atomic mass is 9.90. The summed E-state index contributed by atoms with van der Waals surface area (Å²) in [6, 6.07) is 14.6. The van der Waals surface area contributed by atoms with E-state index in [0.29, 0.717) is 64.9 Å². The Morgan fingerprint density at radius 1 is 0.985 bits per heavy atom. The summed E-state index contributed by atoms with van der Waals surface area (Å²) in [6.45, 7) is 20.8. The normalized spacial score (nSPS) is 20.7. The zero-order chi connectivity index (χ0) is 47.5. The molecule has 2 amide bonds. The quantitative estimate of drug-likeness (QED) is 0.115. The molecule has 67 heavy (non-hydrogen) atoms. The van der Waals surface area contributed by atoms with E-state index in [2.05, 4.69) is 86.3 Å². The van der Waals surface area contributed by atoms with Crippen LogP contribution in [-0.4, -0.2) is 96.8 Å². The number of amides is 2. The van der Waals surface area contributed by atoms with E-state index in [1.807, 2.05) is 44.3 Å². The van der Waals surface area contributed by atoms with Gasteiger partial charge >= 0.3 is 0 Å². The smallest absolute Gasteiger partial charge is 0.293 e. The standard InChI is InChI=1S/C51H64N12O4/c1-9-45(65)56-39-24-34(10-11-41(39)61-19-18-59(28-32(61)3)35-14-17-60(31(2)22-35)36-12-15-53-44(25-36)51(6,7)52)55-46-49(67)58(8)29-40(57-46)37-13-16-54-47(38(37)30-64)63-21-20-62-42(48(63)66)23-33-26-50(4,5)27-43(33)62/h9-13,15-16,23-25,29,31-32,35,64H,1,14,17-22,26-28,30,52H2,2-8H3,(H,55,57)(H,56,65)/t31-,32+,35?/m1/s1. The van der Waals surface area contributed by atoms with Gasteiger partial charge in [-0.2, -0.15) is 0 Å². The highest BCUT2D eigenvalue weighted by Crippen LogP contribution is 2.41. The van der Waals surface area contributed by atoms with Crippen LogP contribution in [0.15, 0.2) is 78.5 Å². The first-order chi connectivity index (χ1) is 31.9. The highest BCUT2D eigenvalue weighted by atomic mass is 16.3. The Labute approximate surface area is 392 Å². The first kappa shape index (κ1) is 45.8. The molecule has 4 aliphatic rings. The lowest BCUT2D eigenvalue weighted by molar-refractivity contribution is -0.111. The SMILES string of the molecule is C=CC(=O)Nc1cc(Nc2nc(-c3ccnc(N4CCn5c(cc6c5CC(C)(C)C6)C4=O)c3CO)cn(C)c2=O)ccc1N1CCN(C2CCN(c3ccnc(C(C)(C)N)c3)[C@H](C)C2)C[C@@H]1C. The van der Waals surface area contributed by atoms with Crippen molar-refractivity contribution < 1.29 is 14.7 Å². The van der Waals surface area contributed by atoms with Crippen LogP contribution in [0.25, 0.3) is 11.3 Å². The molecule has 2 saturated heterocycles. The van der Waals surface area contributed by atoms with Crippen LogP contribution in [0.4, 0.5) is 34.4 Å². The number of aryl methyl sites for hydroxylation is 1. The number of piperidine rings is 1. The zero-order valence-corrected chi connectivity index (χ0v) is 39.8. The summed E-state index contributed by atoms with van der Waals surface area (Å²) in [7, 11) is 1.64. The molecule has 5 aromatic rings. The minimum atomic E-state index is -0.509. The molecule has 1 aromatic carbocycles. The highest BCUT2D eigenvalue weighted by molar-refractivity contribution is 6.06. The minimum absolute atomic E-state index is 0.0511. The van der Waals surface area contributed by atoms with Crippen LogP contribution in [-0.2, 0) is 43.4 Å². The summed E-state index contributed by atoms with van der Waals surface area (Å²) in [6.07, 6.45) is 10.3. The van der Waals surface area contributed by atoms with Crippen molar-refractivity contribution in [2.75, 3.05) is 58.1 Å². The minimum Gasteiger partial charge on any atom is -0.392 e. The molecule has 0 saturated carbocycles. The fourth-order valence-electron chi connectivity index (χ4n) is 10.8. The summed E-state index contributed by atoms with van der Waals surface area (Å²) in [5.41, 5.74) is 14.2. The third kappa shape index (κ3) is 8.85. The van der Waals surface area contributed by atoms with Gasteiger partial charge in [0.1, 0.15) is 11.5 Å². The van der Waals surface area contributed by atoms with Gasteiger partial charge < -0.3 is 40.4 Å². The maximum absolute atomic E-state index is 14.1. The Morgan fingerprint density at radius 2 is 1.78 bits per heavy atom. The number of nitrogens with one attached hydrogen (secondary N) is 2. The number of nitrogens with zero attached hydrogens (tertiary/aromatic N) is 9. The summed E-state index contributed by atoms with van der Waals surface area (Å²) in [4.78, 5) is 63.6. The third-order valence-electron chi connectivity index (χ3n) is 14.2. The number of piperazine rings is 1. The number of anilines is 6. The molecule has 0 radical (unpaired) electrons.